The second-order valence-corrected chi connectivity index (χ2v) is 8.85. The van der Waals surface area contributed by atoms with Gasteiger partial charge in [0.05, 0.1) is 10.6 Å². The van der Waals surface area contributed by atoms with E-state index in [1.807, 2.05) is 18.2 Å². The number of sulfonamides is 1. The van der Waals surface area contributed by atoms with Crippen LogP contribution in [-0.4, -0.2) is 35.4 Å². The van der Waals surface area contributed by atoms with Gasteiger partial charge in [-0.25, -0.2) is 21.6 Å². The quantitative estimate of drug-likeness (QED) is 0.816. The lowest BCUT2D eigenvalue weighted by molar-refractivity contribution is 0.578. The minimum Gasteiger partial charge on any atom is -0.229 e. The molecule has 0 unspecified atom stereocenters. The molecular formula is C14H17NO4S2. The van der Waals surface area contributed by atoms with Crippen LogP contribution in [0.3, 0.4) is 0 Å². The summed E-state index contributed by atoms with van der Waals surface area (Å²) in [6.45, 7) is 0.0959. The molecule has 114 valence electrons. The van der Waals surface area contributed by atoms with Gasteiger partial charge in [-0.15, -0.1) is 0 Å². The minimum absolute atomic E-state index is 0.0366. The normalized spacial score (nSPS) is 12.6. The summed E-state index contributed by atoms with van der Waals surface area (Å²) >= 11 is 0. The predicted molar refractivity (Wildman–Crippen MR) is 83.5 cm³/mol. The van der Waals surface area contributed by atoms with Gasteiger partial charge in [-0.2, -0.15) is 0 Å². The monoisotopic (exact) mass is 327 g/mol. The lowest BCUT2D eigenvalue weighted by Crippen LogP contribution is -2.26. The highest BCUT2D eigenvalue weighted by molar-refractivity contribution is 7.90. The maximum absolute atomic E-state index is 12.3. The molecule has 0 radical (unpaired) electrons. The van der Waals surface area contributed by atoms with Crippen LogP contribution in [0.1, 0.15) is 6.42 Å². The number of hydrogen-bond acceptors (Lipinski definition) is 4. The average molecular weight is 327 g/mol. The highest BCUT2D eigenvalue weighted by atomic mass is 32.2. The van der Waals surface area contributed by atoms with E-state index in [4.69, 9.17) is 0 Å². The molecule has 0 heterocycles. The Labute approximate surface area is 125 Å². The van der Waals surface area contributed by atoms with Gasteiger partial charge in [-0.05, 0) is 17.9 Å². The van der Waals surface area contributed by atoms with E-state index >= 15 is 0 Å². The summed E-state index contributed by atoms with van der Waals surface area (Å²) in [4.78, 5) is 0.208. The van der Waals surface area contributed by atoms with Crippen LogP contribution in [0.2, 0.25) is 0 Å². The van der Waals surface area contributed by atoms with Gasteiger partial charge in [0.1, 0.15) is 9.84 Å². The molecule has 0 saturated carbocycles. The lowest BCUT2D eigenvalue weighted by atomic mass is 10.1. The molecule has 21 heavy (non-hydrogen) atoms. The average Bonchev–Trinajstić information content (AvgIpc) is 2.42. The molecule has 0 aromatic heterocycles. The van der Waals surface area contributed by atoms with Crippen molar-refractivity contribution in [3.8, 4) is 0 Å². The third-order valence-corrected chi connectivity index (χ3v) is 5.57. The van der Waals surface area contributed by atoms with Crippen molar-refractivity contribution in [1.29, 1.82) is 0 Å². The Balaban J connectivity index is 2.19. The van der Waals surface area contributed by atoms with Gasteiger partial charge in [-0.1, -0.05) is 36.4 Å². The Morgan fingerprint density at radius 1 is 0.952 bits per heavy atom. The minimum atomic E-state index is -3.65. The van der Waals surface area contributed by atoms with Crippen molar-refractivity contribution < 1.29 is 16.8 Å². The van der Waals surface area contributed by atoms with E-state index in [2.05, 4.69) is 4.72 Å². The number of benzene rings is 2. The Hall–Kier alpha value is -1.44. The van der Waals surface area contributed by atoms with Crippen LogP contribution >= 0.6 is 0 Å². The van der Waals surface area contributed by atoms with E-state index in [1.165, 1.54) is 0 Å². The fourth-order valence-corrected chi connectivity index (χ4v) is 4.02. The molecule has 2 rings (SSSR count). The summed E-state index contributed by atoms with van der Waals surface area (Å²) in [6, 6.07) is 12.3. The van der Waals surface area contributed by atoms with Crippen molar-refractivity contribution in [2.45, 2.75) is 11.3 Å². The van der Waals surface area contributed by atoms with Gasteiger partial charge in [0.15, 0.2) is 0 Å². The summed E-state index contributed by atoms with van der Waals surface area (Å²) in [6.07, 6.45) is 1.38. The summed E-state index contributed by atoms with van der Waals surface area (Å²) in [5, 5.41) is 1.49. The molecule has 0 aliphatic heterocycles. The molecule has 0 fully saturated rings. The highest BCUT2D eigenvalue weighted by Crippen LogP contribution is 2.22. The van der Waals surface area contributed by atoms with Crippen LogP contribution in [-0.2, 0) is 19.9 Å². The lowest BCUT2D eigenvalue weighted by Gasteiger charge is -2.09. The first-order chi connectivity index (χ1) is 9.80. The van der Waals surface area contributed by atoms with Gasteiger partial charge in [-0.3, -0.25) is 0 Å². The standard InChI is InChI=1S/C14H17NO4S2/c1-20(16,17)11-5-10-15-21(18,19)14-9-4-7-12-6-2-3-8-13(12)14/h2-4,6-9,15H,5,10-11H2,1H3. The maximum Gasteiger partial charge on any atom is 0.241 e. The summed E-state index contributed by atoms with van der Waals surface area (Å²) in [5.41, 5.74) is 0. The van der Waals surface area contributed by atoms with Crippen molar-refractivity contribution in [3.63, 3.8) is 0 Å². The van der Waals surface area contributed by atoms with Crippen molar-refractivity contribution in [3.05, 3.63) is 42.5 Å². The SMILES string of the molecule is CS(=O)(=O)CCCNS(=O)(=O)c1cccc2ccccc12. The van der Waals surface area contributed by atoms with E-state index in [1.54, 1.807) is 24.3 Å². The summed E-state index contributed by atoms with van der Waals surface area (Å²) in [5.74, 6) is -0.0366. The van der Waals surface area contributed by atoms with Crippen LogP contribution in [0.25, 0.3) is 10.8 Å². The maximum atomic E-state index is 12.3. The van der Waals surface area contributed by atoms with Crippen LogP contribution in [0.5, 0.6) is 0 Å². The van der Waals surface area contributed by atoms with Crippen LogP contribution in [0.4, 0.5) is 0 Å². The molecule has 7 heteroatoms. The first kappa shape index (κ1) is 15.9. The second-order valence-electron chi connectivity index (χ2n) is 4.86. The van der Waals surface area contributed by atoms with E-state index < -0.39 is 19.9 Å². The topological polar surface area (TPSA) is 80.3 Å². The molecule has 0 bridgehead atoms. The third-order valence-electron chi connectivity index (χ3n) is 3.02. The first-order valence-electron chi connectivity index (χ1n) is 6.45. The Morgan fingerprint density at radius 2 is 1.62 bits per heavy atom. The predicted octanol–water partition coefficient (Wildman–Crippen LogP) is 1.55. The molecule has 0 aliphatic carbocycles. The molecule has 2 aromatic rings. The molecule has 0 spiro atoms. The molecular weight excluding hydrogens is 310 g/mol. The smallest absolute Gasteiger partial charge is 0.229 e. The van der Waals surface area contributed by atoms with Crippen molar-refractivity contribution >= 4 is 30.6 Å². The van der Waals surface area contributed by atoms with E-state index in [-0.39, 0.29) is 23.6 Å². The molecule has 0 amide bonds. The number of hydrogen-bond donors (Lipinski definition) is 1. The van der Waals surface area contributed by atoms with E-state index in [9.17, 15) is 16.8 Å². The molecule has 1 N–H and O–H groups in total. The Kier molecular flexibility index (Phi) is 4.65. The van der Waals surface area contributed by atoms with E-state index in [0.29, 0.717) is 5.39 Å². The van der Waals surface area contributed by atoms with Gasteiger partial charge in [0.25, 0.3) is 0 Å². The number of nitrogens with one attached hydrogen (secondary N) is 1. The molecule has 5 nitrogen and oxygen atoms in total. The highest BCUT2D eigenvalue weighted by Gasteiger charge is 2.16. The van der Waals surface area contributed by atoms with Crippen LogP contribution in [0, 0.1) is 0 Å². The van der Waals surface area contributed by atoms with E-state index in [0.717, 1.165) is 11.6 Å². The largest absolute Gasteiger partial charge is 0.241 e. The zero-order chi connectivity index (χ0) is 15.5. The summed E-state index contributed by atoms with van der Waals surface area (Å²) < 4.78 is 49.1. The van der Waals surface area contributed by atoms with Crippen LogP contribution < -0.4 is 4.72 Å². The number of fused-ring (bicyclic) bond motifs is 1. The number of rotatable bonds is 6. The fraction of sp³-hybridized carbons (Fsp3) is 0.286. The number of sulfone groups is 1. The van der Waals surface area contributed by atoms with Crippen molar-refractivity contribution in [1.82, 2.24) is 4.72 Å². The van der Waals surface area contributed by atoms with Crippen molar-refractivity contribution in [2.75, 3.05) is 18.6 Å². The Bertz CT molecular complexity index is 837. The zero-order valence-corrected chi connectivity index (χ0v) is 13.2. The first-order valence-corrected chi connectivity index (χ1v) is 9.99. The van der Waals surface area contributed by atoms with Crippen molar-refractivity contribution in [2.24, 2.45) is 0 Å². The van der Waals surface area contributed by atoms with Gasteiger partial charge < -0.3 is 0 Å². The fourth-order valence-electron chi connectivity index (χ4n) is 2.05. The zero-order valence-electron chi connectivity index (χ0n) is 11.6. The second kappa shape index (κ2) is 6.13. The molecule has 0 aliphatic rings. The van der Waals surface area contributed by atoms with Gasteiger partial charge in [0.2, 0.25) is 10.0 Å². The van der Waals surface area contributed by atoms with Gasteiger partial charge in [0, 0.05) is 18.2 Å². The molecule has 0 saturated heterocycles. The van der Waals surface area contributed by atoms with Gasteiger partial charge >= 0.3 is 0 Å². The molecule has 2 aromatic carbocycles. The third kappa shape index (κ3) is 4.26. The summed E-state index contributed by atoms with van der Waals surface area (Å²) in [7, 11) is -6.73. The Morgan fingerprint density at radius 3 is 2.33 bits per heavy atom. The molecule has 0 atom stereocenters. The van der Waals surface area contributed by atoms with Crippen LogP contribution in [0.15, 0.2) is 47.4 Å².